The second-order valence-electron chi connectivity index (χ2n) is 3.43. The van der Waals surface area contributed by atoms with Crippen LogP contribution in [0.4, 0.5) is 0 Å². The summed E-state index contributed by atoms with van der Waals surface area (Å²) in [6, 6.07) is 5.67. The summed E-state index contributed by atoms with van der Waals surface area (Å²) in [5.41, 5.74) is 7.59. The Balaban J connectivity index is 2.70. The van der Waals surface area contributed by atoms with Gasteiger partial charge >= 0.3 is 0 Å². The van der Waals surface area contributed by atoms with E-state index in [9.17, 15) is 0 Å². The van der Waals surface area contributed by atoms with Gasteiger partial charge in [0.1, 0.15) is 5.58 Å². The van der Waals surface area contributed by atoms with Crippen molar-refractivity contribution < 1.29 is 4.42 Å². The van der Waals surface area contributed by atoms with Crippen molar-refractivity contribution in [2.24, 2.45) is 5.73 Å². The minimum Gasteiger partial charge on any atom is -0.464 e. The summed E-state index contributed by atoms with van der Waals surface area (Å²) in [4.78, 5) is 0. The van der Waals surface area contributed by atoms with Crippen molar-refractivity contribution in [1.29, 1.82) is 0 Å². The smallest absolute Gasteiger partial charge is 0.134 e. The standard InChI is InChI=1S/C11H12ClNO/c1-7(6-13)11-8-4-5-14-10(8)3-2-9(11)12/h2-5,7H,6,13H2,1H3. The topological polar surface area (TPSA) is 39.2 Å². The summed E-state index contributed by atoms with van der Waals surface area (Å²) in [6.45, 7) is 2.65. The van der Waals surface area contributed by atoms with E-state index >= 15 is 0 Å². The normalized spacial score (nSPS) is 13.4. The highest BCUT2D eigenvalue weighted by Gasteiger charge is 2.13. The van der Waals surface area contributed by atoms with Crippen molar-refractivity contribution in [3.8, 4) is 0 Å². The Hall–Kier alpha value is -0.990. The van der Waals surface area contributed by atoms with Crippen molar-refractivity contribution in [3.05, 3.63) is 35.0 Å². The van der Waals surface area contributed by atoms with Crippen molar-refractivity contribution in [1.82, 2.24) is 0 Å². The van der Waals surface area contributed by atoms with Gasteiger partial charge in [-0.05, 0) is 36.2 Å². The highest BCUT2D eigenvalue weighted by molar-refractivity contribution is 6.32. The molecule has 0 bridgehead atoms. The number of halogens is 1. The van der Waals surface area contributed by atoms with Gasteiger partial charge in [-0.2, -0.15) is 0 Å². The van der Waals surface area contributed by atoms with E-state index in [1.165, 1.54) is 0 Å². The molecule has 2 aromatic rings. The minimum atomic E-state index is 0.254. The van der Waals surface area contributed by atoms with E-state index in [1.54, 1.807) is 6.26 Å². The van der Waals surface area contributed by atoms with Crippen molar-refractivity contribution in [2.75, 3.05) is 6.54 Å². The molecule has 2 N–H and O–H groups in total. The minimum absolute atomic E-state index is 0.254. The number of benzene rings is 1. The second kappa shape index (κ2) is 3.64. The molecule has 1 heterocycles. The first-order chi connectivity index (χ1) is 6.74. The van der Waals surface area contributed by atoms with E-state index in [1.807, 2.05) is 18.2 Å². The molecule has 2 nitrogen and oxygen atoms in total. The fourth-order valence-corrected chi connectivity index (χ4v) is 2.01. The summed E-state index contributed by atoms with van der Waals surface area (Å²) < 4.78 is 5.31. The van der Waals surface area contributed by atoms with Crippen LogP contribution >= 0.6 is 11.6 Å². The molecule has 0 radical (unpaired) electrons. The maximum absolute atomic E-state index is 6.14. The highest BCUT2D eigenvalue weighted by Crippen LogP contribution is 2.32. The predicted octanol–water partition coefficient (Wildman–Crippen LogP) is 3.15. The molecule has 0 spiro atoms. The molecule has 14 heavy (non-hydrogen) atoms. The molecule has 1 aromatic heterocycles. The van der Waals surface area contributed by atoms with E-state index < -0.39 is 0 Å². The summed E-state index contributed by atoms with van der Waals surface area (Å²) >= 11 is 6.14. The second-order valence-corrected chi connectivity index (χ2v) is 3.84. The number of nitrogens with two attached hydrogens (primary N) is 1. The van der Waals surface area contributed by atoms with Gasteiger partial charge in [-0.15, -0.1) is 0 Å². The number of rotatable bonds is 2. The van der Waals surface area contributed by atoms with Crippen LogP contribution in [0.2, 0.25) is 5.02 Å². The molecular formula is C11H12ClNO. The molecule has 1 atom stereocenters. The molecule has 2 rings (SSSR count). The summed E-state index contributed by atoms with van der Waals surface area (Å²) in [5.74, 6) is 0.254. The molecular weight excluding hydrogens is 198 g/mol. The molecule has 0 saturated heterocycles. The van der Waals surface area contributed by atoms with Gasteiger partial charge in [-0.1, -0.05) is 18.5 Å². The lowest BCUT2D eigenvalue weighted by atomic mass is 9.98. The predicted molar refractivity (Wildman–Crippen MR) is 58.7 cm³/mol. The number of furan rings is 1. The van der Waals surface area contributed by atoms with Crippen LogP contribution in [-0.2, 0) is 0 Å². The van der Waals surface area contributed by atoms with Crippen LogP contribution in [0.1, 0.15) is 18.4 Å². The average Bonchev–Trinajstić information content (AvgIpc) is 2.64. The molecule has 3 heteroatoms. The van der Waals surface area contributed by atoms with E-state index in [2.05, 4.69) is 6.92 Å². The van der Waals surface area contributed by atoms with Crippen molar-refractivity contribution >= 4 is 22.6 Å². The van der Waals surface area contributed by atoms with Crippen molar-refractivity contribution in [2.45, 2.75) is 12.8 Å². The van der Waals surface area contributed by atoms with E-state index in [-0.39, 0.29) is 5.92 Å². The zero-order chi connectivity index (χ0) is 10.1. The largest absolute Gasteiger partial charge is 0.464 e. The first-order valence-electron chi connectivity index (χ1n) is 4.59. The zero-order valence-electron chi connectivity index (χ0n) is 7.96. The number of fused-ring (bicyclic) bond motifs is 1. The molecule has 0 saturated carbocycles. The van der Waals surface area contributed by atoms with Gasteiger partial charge in [-0.25, -0.2) is 0 Å². The summed E-state index contributed by atoms with van der Waals surface area (Å²) in [5, 5.41) is 1.83. The number of hydrogen-bond acceptors (Lipinski definition) is 2. The molecule has 0 aliphatic carbocycles. The van der Waals surface area contributed by atoms with E-state index in [0.29, 0.717) is 6.54 Å². The SMILES string of the molecule is CC(CN)c1c(Cl)ccc2occc12. The van der Waals surface area contributed by atoms with Crippen LogP contribution in [0, 0.1) is 0 Å². The maximum Gasteiger partial charge on any atom is 0.134 e. The third kappa shape index (κ3) is 1.41. The van der Waals surface area contributed by atoms with Gasteiger partial charge in [0, 0.05) is 10.4 Å². The molecule has 1 unspecified atom stereocenters. The monoisotopic (exact) mass is 209 g/mol. The van der Waals surface area contributed by atoms with Gasteiger partial charge in [0.05, 0.1) is 6.26 Å². The lowest BCUT2D eigenvalue weighted by Crippen LogP contribution is -2.09. The fraction of sp³-hybridized carbons (Fsp3) is 0.273. The molecule has 0 fully saturated rings. The van der Waals surface area contributed by atoms with E-state index in [4.69, 9.17) is 21.8 Å². The summed E-state index contributed by atoms with van der Waals surface area (Å²) in [6.07, 6.45) is 1.67. The van der Waals surface area contributed by atoms with Crippen LogP contribution in [0.3, 0.4) is 0 Å². The van der Waals surface area contributed by atoms with Gasteiger partial charge < -0.3 is 10.2 Å². The maximum atomic E-state index is 6.14. The van der Waals surface area contributed by atoms with Gasteiger partial charge in [0.15, 0.2) is 0 Å². The Bertz CT molecular complexity index is 449. The molecule has 0 aliphatic rings. The lowest BCUT2D eigenvalue weighted by Gasteiger charge is -2.11. The van der Waals surface area contributed by atoms with Crippen LogP contribution < -0.4 is 5.73 Å². The summed E-state index contributed by atoms with van der Waals surface area (Å²) in [7, 11) is 0. The Morgan fingerprint density at radius 2 is 2.21 bits per heavy atom. The third-order valence-corrected chi connectivity index (χ3v) is 2.80. The molecule has 74 valence electrons. The van der Waals surface area contributed by atoms with Crippen molar-refractivity contribution in [3.63, 3.8) is 0 Å². The van der Waals surface area contributed by atoms with Crippen LogP contribution in [0.15, 0.2) is 28.9 Å². The van der Waals surface area contributed by atoms with E-state index in [0.717, 1.165) is 21.6 Å². The first-order valence-corrected chi connectivity index (χ1v) is 4.97. The zero-order valence-corrected chi connectivity index (χ0v) is 8.71. The van der Waals surface area contributed by atoms with Gasteiger partial charge in [-0.3, -0.25) is 0 Å². The molecule has 0 amide bonds. The Morgan fingerprint density at radius 3 is 2.93 bits per heavy atom. The lowest BCUT2D eigenvalue weighted by molar-refractivity contribution is 0.615. The highest BCUT2D eigenvalue weighted by atomic mass is 35.5. The van der Waals surface area contributed by atoms with Crippen LogP contribution in [0.5, 0.6) is 0 Å². The quantitative estimate of drug-likeness (QED) is 0.826. The Morgan fingerprint density at radius 1 is 1.43 bits per heavy atom. The van der Waals surface area contributed by atoms with Gasteiger partial charge in [0.2, 0.25) is 0 Å². The molecule has 1 aromatic carbocycles. The van der Waals surface area contributed by atoms with Gasteiger partial charge in [0.25, 0.3) is 0 Å². The third-order valence-electron chi connectivity index (χ3n) is 2.47. The molecule has 0 aliphatic heterocycles. The Labute approximate surface area is 87.6 Å². The Kier molecular flexibility index (Phi) is 2.48. The fourth-order valence-electron chi connectivity index (χ4n) is 1.66. The van der Waals surface area contributed by atoms with Crippen LogP contribution in [0.25, 0.3) is 11.0 Å². The average molecular weight is 210 g/mol. The van der Waals surface area contributed by atoms with Crippen LogP contribution in [-0.4, -0.2) is 6.54 Å². The first kappa shape index (κ1) is 9.56. The number of hydrogen-bond donors (Lipinski definition) is 1.